The SMILES string of the molecule is Nc1ncnc2c1ncn2[C@@H]1O[C@H](CO)[C@@H](OP(O)(=S)OCC2O[C@@H](n3cnc4c(N)ncnc43)[C@H](F)[C@@H]2OP=O)[C@H]1F. The number of aliphatic hydroxyl groups is 1. The van der Waals surface area contributed by atoms with Crippen LogP contribution in [0, 0.1) is 0 Å². The van der Waals surface area contributed by atoms with Crippen molar-refractivity contribution in [2.24, 2.45) is 0 Å². The minimum atomic E-state index is -4.29. The highest BCUT2D eigenvalue weighted by Gasteiger charge is 2.51. The van der Waals surface area contributed by atoms with E-state index in [9.17, 15) is 14.6 Å². The van der Waals surface area contributed by atoms with E-state index >= 15 is 8.78 Å². The first-order chi connectivity index (χ1) is 20.6. The monoisotopic (exact) mass is 662 g/mol. The number of fused-ring (bicyclic) bond motifs is 2. The Morgan fingerprint density at radius 3 is 2.00 bits per heavy atom. The van der Waals surface area contributed by atoms with E-state index < -0.39 is 77.8 Å². The van der Waals surface area contributed by atoms with Gasteiger partial charge in [-0.15, -0.1) is 0 Å². The third-order valence-electron chi connectivity index (χ3n) is 6.86. The predicted octanol–water partition coefficient (Wildman–Crippen LogP) is 0.504. The highest BCUT2D eigenvalue weighted by atomic mass is 32.5. The van der Waals surface area contributed by atoms with Crippen LogP contribution < -0.4 is 11.5 Å². The number of nitrogen functional groups attached to an aromatic ring is 2. The predicted molar refractivity (Wildman–Crippen MR) is 144 cm³/mol. The molecule has 6 N–H and O–H groups in total. The number of hydrogen-bond donors (Lipinski definition) is 4. The average molecular weight is 662 g/mol. The molecule has 18 nitrogen and oxygen atoms in total. The summed E-state index contributed by atoms with van der Waals surface area (Å²) in [6.07, 6.45) is -7.50. The molecule has 0 amide bonds. The number of rotatable bonds is 10. The maximum absolute atomic E-state index is 15.7. The number of aromatic nitrogens is 8. The van der Waals surface area contributed by atoms with Crippen molar-refractivity contribution in [2.45, 2.75) is 49.2 Å². The summed E-state index contributed by atoms with van der Waals surface area (Å²) in [5, 5.41) is 9.84. The van der Waals surface area contributed by atoms with Crippen molar-refractivity contribution in [3.63, 3.8) is 0 Å². The van der Waals surface area contributed by atoms with Gasteiger partial charge in [-0.05, 0) is 11.8 Å². The van der Waals surface area contributed by atoms with Crippen LogP contribution in [-0.4, -0.2) is 99.0 Å². The molecule has 9 atom stereocenters. The van der Waals surface area contributed by atoms with Crippen LogP contribution in [0.4, 0.5) is 20.4 Å². The van der Waals surface area contributed by atoms with Crippen molar-refractivity contribution >= 4 is 61.2 Å². The van der Waals surface area contributed by atoms with Crippen molar-refractivity contribution in [1.29, 1.82) is 0 Å². The lowest BCUT2D eigenvalue weighted by molar-refractivity contribution is -0.0506. The van der Waals surface area contributed by atoms with Gasteiger partial charge in [-0.25, -0.2) is 43.2 Å². The van der Waals surface area contributed by atoms with Crippen LogP contribution in [0.25, 0.3) is 22.3 Å². The molecule has 2 fully saturated rings. The standard InChI is InChI=1S/C20H22F2N10O8P2S/c21-9-13(39-41-34)8(38-19(9)31-5-29-11-15(23)25-3-27-17(11)31)2-36-42(35,43)40-14-7(1-33)37-20(10(14)22)32-6-30-12-16(24)26-4-28-18(12)32/h3-10,13-14,19-20,33H,1-2H2,(H,35,43)(H2,23,25,27)(H2,24,26,28)/t7-,8?,9-,10-,13-,14-,19-,20-,42?/m1/s1. The van der Waals surface area contributed by atoms with Crippen LogP contribution in [0.2, 0.25) is 0 Å². The van der Waals surface area contributed by atoms with Crippen LogP contribution in [0.15, 0.2) is 25.3 Å². The van der Waals surface area contributed by atoms with E-state index in [4.69, 9.17) is 46.3 Å². The zero-order valence-electron chi connectivity index (χ0n) is 21.5. The number of nitrogens with zero attached hydrogens (tertiary/aromatic N) is 8. The second-order valence-corrected chi connectivity index (χ2v) is 12.5. The number of imidazole rings is 2. The van der Waals surface area contributed by atoms with Crippen molar-refractivity contribution in [1.82, 2.24) is 39.0 Å². The Morgan fingerprint density at radius 1 is 0.930 bits per heavy atom. The summed E-state index contributed by atoms with van der Waals surface area (Å²) >= 11 is 5.08. The van der Waals surface area contributed by atoms with E-state index in [2.05, 4.69) is 29.9 Å². The van der Waals surface area contributed by atoms with Gasteiger partial charge in [0.2, 0.25) is 0 Å². The minimum Gasteiger partial charge on any atom is -0.394 e. The summed E-state index contributed by atoms with van der Waals surface area (Å²) in [4.78, 5) is 34.7. The summed E-state index contributed by atoms with van der Waals surface area (Å²) in [5.74, 6) is 0.123. The van der Waals surface area contributed by atoms with Gasteiger partial charge in [0.05, 0.1) is 25.9 Å². The number of alkyl halides is 2. The molecule has 230 valence electrons. The zero-order chi connectivity index (χ0) is 30.5. The Hall–Kier alpha value is -2.97. The molecular formula is C20H22F2N10O8P2S. The second kappa shape index (κ2) is 11.8. The first-order valence-corrected chi connectivity index (χ1v) is 15.7. The Kier molecular flexibility index (Phi) is 8.28. The van der Waals surface area contributed by atoms with Gasteiger partial charge in [0, 0.05) is 0 Å². The van der Waals surface area contributed by atoms with Gasteiger partial charge in [-0.1, -0.05) is 0 Å². The van der Waals surface area contributed by atoms with Crippen LogP contribution in [0.5, 0.6) is 0 Å². The lowest BCUT2D eigenvalue weighted by atomic mass is 10.1. The molecule has 0 bridgehead atoms. The normalized spacial score (nSPS) is 30.9. The molecule has 6 rings (SSSR count). The van der Waals surface area contributed by atoms with E-state index in [1.165, 1.54) is 21.8 Å². The van der Waals surface area contributed by atoms with Crippen molar-refractivity contribution < 1.29 is 46.4 Å². The quantitative estimate of drug-likeness (QED) is 0.169. The molecule has 0 aromatic carbocycles. The molecule has 2 aliphatic heterocycles. The molecule has 2 aliphatic rings. The Bertz CT molecular complexity index is 1700. The van der Waals surface area contributed by atoms with Crippen molar-refractivity contribution in [3.05, 3.63) is 25.3 Å². The number of aliphatic hydroxyl groups excluding tert-OH is 1. The minimum absolute atomic E-state index is 0.0603. The fourth-order valence-corrected chi connectivity index (χ4v) is 6.67. The van der Waals surface area contributed by atoms with Gasteiger partial charge < -0.3 is 35.5 Å². The lowest BCUT2D eigenvalue weighted by Crippen LogP contribution is -2.34. The van der Waals surface area contributed by atoms with Gasteiger partial charge >= 0.3 is 15.4 Å². The van der Waals surface area contributed by atoms with Crippen LogP contribution in [-0.2, 0) is 39.4 Å². The van der Waals surface area contributed by atoms with E-state index in [0.717, 1.165) is 12.7 Å². The van der Waals surface area contributed by atoms with Gasteiger partial charge in [-0.3, -0.25) is 18.2 Å². The smallest absolute Gasteiger partial charge is 0.327 e. The van der Waals surface area contributed by atoms with Gasteiger partial charge in [0.1, 0.15) is 48.1 Å². The number of hydrogen-bond acceptors (Lipinski definition) is 16. The molecule has 0 saturated carbocycles. The third kappa shape index (κ3) is 5.46. The first-order valence-electron chi connectivity index (χ1n) is 12.3. The van der Waals surface area contributed by atoms with E-state index in [1.807, 2.05) is 0 Å². The first kappa shape index (κ1) is 30.1. The van der Waals surface area contributed by atoms with Crippen molar-refractivity contribution in [2.75, 3.05) is 24.7 Å². The number of ether oxygens (including phenoxy) is 2. The molecule has 43 heavy (non-hydrogen) atoms. The molecular weight excluding hydrogens is 640 g/mol. The Labute approximate surface area is 245 Å². The maximum Gasteiger partial charge on any atom is 0.327 e. The molecule has 2 saturated heterocycles. The summed E-state index contributed by atoms with van der Waals surface area (Å²) < 4.78 is 72.1. The fourth-order valence-electron chi connectivity index (χ4n) is 4.88. The molecule has 4 aromatic rings. The topological polar surface area (TPSA) is 243 Å². The van der Waals surface area contributed by atoms with Gasteiger partial charge in [-0.2, -0.15) is 0 Å². The molecule has 6 heterocycles. The van der Waals surface area contributed by atoms with Crippen molar-refractivity contribution in [3.8, 4) is 0 Å². The molecule has 23 heteroatoms. The van der Waals surface area contributed by atoms with Crippen LogP contribution >= 0.6 is 15.4 Å². The molecule has 4 aromatic heterocycles. The van der Waals surface area contributed by atoms with Crippen LogP contribution in [0.3, 0.4) is 0 Å². The highest BCUT2D eigenvalue weighted by molar-refractivity contribution is 8.07. The Morgan fingerprint density at radius 2 is 1.47 bits per heavy atom. The number of halogens is 2. The van der Waals surface area contributed by atoms with Gasteiger partial charge in [0.15, 0.2) is 47.7 Å². The molecule has 0 aliphatic carbocycles. The molecule has 0 radical (unpaired) electrons. The molecule has 0 spiro atoms. The van der Waals surface area contributed by atoms with E-state index in [1.54, 1.807) is 0 Å². The Balaban J connectivity index is 1.16. The third-order valence-corrected chi connectivity index (χ3v) is 8.75. The summed E-state index contributed by atoms with van der Waals surface area (Å²) in [5.41, 5.74) is 12.3. The number of anilines is 2. The molecule has 2 unspecified atom stereocenters. The maximum atomic E-state index is 15.7. The number of nitrogens with two attached hydrogens (primary N) is 2. The van der Waals surface area contributed by atoms with Crippen LogP contribution in [0.1, 0.15) is 12.5 Å². The summed E-state index contributed by atoms with van der Waals surface area (Å²) in [6.45, 7) is -5.62. The largest absolute Gasteiger partial charge is 0.394 e. The van der Waals surface area contributed by atoms with E-state index in [0.29, 0.717) is 0 Å². The average Bonchev–Trinajstić information content (AvgIpc) is 3.74. The van der Waals surface area contributed by atoms with Gasteiger partial charge in [0.25, 0.3) is 0 Å². The zero-order valence-corrected chi connectivity index (χ0v) is 24.1. The highest BCUT2D eigenvalue weighted by Crippen LogP contribution is 2.50. The lowest BCUT2D eigenvalue weighted by Gasteiger charge is -2.25. The van der Waals surface area contributed by atoms with E-state index in [-0.39, 0.29) is 34.0 Å². The fraction of sp³-hybridized carbons (Fsp3) is 0.500. The second-order valence-electron chi connectivity index (χ2n) is 9.35. The summed E-state index contributed by atoms with van der Waals surface area (Å²) in [7, 11) is -0.855. The summed E-state index contributed by atoms with van der Waals surface area (Å²) in [6, 6.07) is 0.